The number of hydrogen-bond acceptors (Lipinski definition) is 3. The van der Waals surface area contributed by atoms with Crippen molar-refractivity contribution in [1.29, 1.82) is 0 Å². The van der Waals surface area contributed by atoms with Crippen LogP contribution in [0.4, 0.5) is 0 Å². The molecule has 3 nitrogen and oxygen atoms in total. The Morgan fingerprint density at radius 2 is 2.00 bits per heavy atom. The van der Waals surface area contributed by atoms with Crippen LogP contribution in [0.2, 0.25) is 0 Å². The molecular formula is C12H25N3. The van der Waals surface area contributed by atoms with Crippen molar-refractivity contribution in [2.24, 2.45) is 11.7 Å². The Labute approximate surface area is 93.4 Å². The third-order valence-corrected chi connectivity index (χ3v) is 3.96. The van der Waals surface area contributed by atoms with Gasteiger partial charge in [-0.05, 0) is 18.8 Å². The molecule has 0 radical (unpaired) electrons. The SMILES string of the molecule is NCC1CNCCN1CC1CCCCC1. The summed E-state index contributed by atoms with van der Waals surface area (Å²) < 4.78 is 0. The molecule has 1 atom stereocenters. The highest BCUT2D eigenvalue weighted by Crippen LogP contribution is 2.25. The normalized spacial score (nSPS) is 30.6. The fourth-order valence-corrected chi connectivity index (χ4v) is 2.98. The fourth-order valence-electron chi connectivity index (χ4n) is 2.98. The molecule has 1 saturated heterocycles. The van der Waals surface area contributed by atoms with E-state index in [2.05, 4.69) is 10.2 Å². The van der Waals surface area contributed by atoms with Gasteiger partial charge < -0.3 is 11.1 Å². The van der Waals surface area contributed by atoms with E-state index in [1.807, 2.05) is 0 Å². The Kier molecular flexibility index (Phi) is 4.42. The number of hydrogen-bond donors (Lipinski definition) is 2. The van der Waals surface area contributed by atoms with E-state index < -0.39 is 0 Å². The molecular weight excluding hydrogens is 186 g/mol. The summed E-state index contributed by atoms with van der Waals surface area (Å²) in [6.45, 7) is 5.52. The summed E-state index contributed by atoms with van der Waals surface area (Å²) in [5.41, 5.74) is 5.82. The first-order valence-electron chi connectivity index (χ1n) is 6.55. The van der Waals surface area contributed by atoms with Crippen molar-refractivity contribution >= 4 is 0 Å². The van der Waals surface area contributed by atoms with Crippen molar-refractivity contribution in [2.75, 3.05) is 32.7 Å². The Morgan fingerprint density at radius 3 is 2.73 bits per heavy atom. The van der Waals surface area contributed by atoms with Crippen molar-refractivity contribution < 1.29 is 0 Å². The van der Waals surface area contributed by atoms with Gasteiger partial charge in [0, 0.05) is 38.8 Å². The number of nitrogens with one attached hydrogen (secondary N) is 1. The van der Waals surface area contributed by atoms with Crippen LogP contribution in [0.25, 0.3) is 0 Å². The lowest BCUT2D eigenvalue weighted by Gasteiger charge is -2.38. The van der Waals surface area contributed by atoms with Gasteiger partial charge in [-0.1, -0.05) is 19.3 Å². The fraction of sp³-hybridized carbons (Fsp3) is 1.00. The predicted octanol–water partition coefficient (Wildman–Crippen LogP) is 0.799. The summed E-state index contributed by atoms with van der Waals surface area (Å²) in [5.74, 6) is 0.950. The van der Waals surface area contributed by atoms with Gasteiger partial charge in [0.25, 0.3) is 0 Å². The van der Waals surface area contributed by atoms with Crippen molar-refractivity contribution in [2.45, 2.75) is 38.1 Å². The Balaban J connectivity index is 1.79. The molecule has 0 aromatic heterocycles. The first kappa shape index (κ1) is 11.4. The highest BCUT2D eigenvalue weighted by molar-refractivity contribution is 4.82. The van der Waals surface area contributed by atoms with Gasteiger partial charge in [-0.3, -0.25) is 4.90 Å². The van der Waals surface area contributed by atoms with E-state index in [0.717, 1.165) is 25.6 Å². The minimum Gasteiger partial charge on any atom is -0.329 e. The third-order valence-electron chi connectivity index (χ3n) is 3.96. The van der Waals surface area contributed by atoms with Crippen LogP contribution in [-0.4, -0.2) is 43.7 Å². The molecule has 2 rings (SSSR count). The minimum atomic E-state index is 0.584. The molecule has 3 heteroatoms. The van der Waals surface area contributed by atoms with Crippen molar-refractivity contribution in [3.63, 3.8) is 0 Å². The maximum Gasteiger partial charge on any atom is 0.0343 e. The van der Waals surface area contributed by atoms with E-state index >= 15 is 0 Å². The second-order valence-electron chi connectivity index (χ2n) is 5.09. The zero-order valence-electron chi connectivity index (χ0n) is 9.75. The number of nitrogens with two attached hydrogens (primary N) is 1. The minimum absolute atomic E-state index is 0.584. The lowest BCUT2D eigenvalue weighted by Crippen LogP contribution is -2.55. The zero-order valence-corrected chi connectivity index (χ0v) is 9.75. The van der Waals surface area contributed by atoms with E-state index in [-0.39, 0.29) is 0 Å². The molecule has 0 bridgehead atoms. The average Bonchev–Trinajstić information content (AvgIpc) is 2.31. The molecule has 2 fully saturated rings. The highest BCUT2D eigenvalue weighted by atomic mass is 15.2. The second-order valence-corrected chi connectivity index (χ2v) is 5.09. The quantitative estimate of drug-likeness (QED) is 0.725. The summed E-state index contributed by atoms with van der Waals surface area (Å²) >= 11 is 0. The van der Waals surface area contributed by atoms with Gasteiger partial charge in [0.1, 0.15) is 0 Å². The summed E-state index contributed by atoms with van der Waals surface area (Å²) in [5, 5.41) is 3.43. The molecule has 1 saturated carbocycles. The van der Waals surface area contributed by atoms with Crippen LogP contribution in [0.1, 0.15) is 32.1 Å². The van der Waals surface area contributed by atoms with Crippen LogP contribution in [0.5, 0.6) is 0 Å². The van der Waals surface area contributed by atoms with Gasteiger partial charge in [-0.15, -0.1) is 0 Å². The third kappa shape index (κ3) is 3.16. The summed E-state index contributed by atoms with van der Waals surface area (Å²) in [6, 6.07) is 0.584. The summed E-state index contributed by atoms with van der Waals surface area (Å²) in [7, 11) is 0. The van der Waals surface area contributed by atoms with Gasteiger partial charge in [-0.2, -0.15) is 0 Å². The van der Waals surface area contributed by atoms with Gasteiger partial charge in [0.2, 0.25) is 0 Å². The van der Waals surface area contributed by atoms with Crippen molar-refractivity contribution in [1.82, 2.24) is 10.2 Å². The van der Waals surface area contributed by atoms with Gasteiger partial charge in [0.15, 0.2) is 0 Å². The zero-order chi connectivity index (χ0) is 10.5. The molecule has 1 heterocycles. The first-order chi connectivity index (χ1) is 7.40. The molecule has 1 aliphatic heterocycles. The van der Waals surface area contributed by atoms with E-state index in [9.17, 15) is 0 Å². The lowest BCUT2D eigenvalue weighted by atomic mass is 9.88. The van der Waals surface area contributed by atoms with Crippen LogP contribution >= 0.6 is 0 Å². The maximum atomic E-state index is 5.82. The van der Waals surface area contributed by atoms with E-state index in [1.54, 1.807) is 0 Å². The molecule has 88 valence electrons. The molecule has 0 aromatic rings. The van der Waals surface area contributed by atoms with Crippen molar-refractivity contribution in [3.8, 4) is 0 Å². The summed E-state index contributed by atoms with van der Waals surface area (Å²) in [6.07, 6.45) is 7.24. The second kappa shape index (κ2) is 5.83. The predicted molar refractivity (Wildman–Crippen MR) is 63.9 cm³/mol. The van der Waals surface area contributed by atoms with Gasteiger partial charge in [0.05, 0.1) is 0 Å². The van der Waals surface area contributed by atoms with Crippen LogP contribution in [-0.2, 0) is 0 Å². The Bertz CT molecular complexity index is 178. The molecule has 0 amide bonds. The standard InChI is InChI=1S/C12H25N3/c13-8-12-9-14-6-7-15(12)10-11-4-2-1-3-5-11/h11-12,14H,1-10,13H2. The van der Waals surface area contributed by atoms with E-state index in [1.165, 1.54) is 45.2 Å². The highest BCUT2D eigenvalue weighted by Gasteiger charge is 2.24. The van der Waals surface area contributed by atoms with Crippen molar-refractivity contribution in [3.05, 3.63) is 0 Å². The largest absolute Gasteiger partial charge is 0.329 e. The van der Waals surface area contributed by atoms with Crippen LogP contribution < -0.4 is 11.1 Å². The van der Waals surface area contributed by atoms with Crippen LogP contribution in [0.3, 0.4) is 0 Å². The van der Waals surface area contributed by atoms with E-state index in [0.29, 0.717) is 6.04 Å². The molecule has 1 aliphatic carbocycles. The molecule has 0 aromatic carbocycles. The molecule has 0 spiro atoms. The number of rotatable bonds is 3. The smallest absolute Gasteiger partial charge is 0.0343 e. The van der Waals surface area contributed by atoms with Gasteiger partial charge in [-0.25, -0.2) is 0 Å². The van der Waals surface area contributed by atoms with Crippen LogP contribution in [0, 0.1) is 5.92 Å². The van der Waals surface area contributed by atoms with E-state index in [4.69, 9.17) is 5.73 Å². The monoisotopic (exact) mass is 211 g/mol. The average molecular weight is 211 g/mol. The number of piperazine rings is 1. The Morgan fingerprint density at radius 1 is 1.20 bits per heavy atom. The molecule has 15 heavy (non-hydrogen) atoms. The molecule has 2 aliphatic rings. The topological polar surface area (TPSA) is 41.3 Å². The first-order valence-corrected chi connectivity index (χ1v) is 6.55. The maximum absolute atomic E-state index is 5.82. The Hall–Kier alpha value is -0.120. The van der Waals surface area contributed by atoms with Crippen LogP contribution in [0.15, 0.2) is 0 Å². The lowest BCUT2D eigenvalue weighted by molar-refractivity contribution is 0.127. The van der Waals surface area contributed by atoms with Gasteiger partial charge >= 0.3 is 0 Å². The summed E-state index contributed by atoms with van der Waals surface area (Å²) in [4.78, 5) is 2.62. The molecule has 1 unspecified atom stereocenters. The number of nitrogens with zero attached hydrogens (tertiary/aromatic N) is 1. The molecule has 3 N–H and O–H groups in total.